The van der Waals surface area contributed by atoms with E-state index in [-0.39, 0.29) is 5.97 Å². The zero-order valence-electron chi connectivity index (χ0n) is 16.2. The molecule has 0 bridgehead atoms. The number of methoxy groups -OCH3 is 3. The predicted molar refractivity (Wildman–Crippen MR) is 99.0 cm³/mol. The minimum Gasteiger partial charge on any atom is -0.497 e. The van der Waals surface area contributed by atoms with E-state index >= 15 is 0 Å². The van der Waals surface area contributed by atoms with E-state index in [1.165, 1.54) is 6.92 Å². The van der Waals surface area contributed by atoms with Gasteiger partial charge in [0.05, 0.1) is 27.9 Å². The van der Waals surface area contributed by atoms with E-state index < -0.39 is 18.3 Å². The molecule has 7 heteroatoms. The number of fused-ring (bicyclic) bond motifs is 4. The Balaban J connectivity index is 1.82. The lowest BCUT2D eigenvalue weighted by Gasteiger charge is -2.42. The summed E-state index contributed by atoms with van der Waals surface area (Å²) in [6.07, 6.45) is -1.53. The topological polar surface area (TPSA) is 72.5 Å². The van der Waals surface area contributed by atoms with E-state index in [9.17, 15) is 4.79 Å². The molecule has 3 atom stereocenters. The van der Waals surface area contributed by atoms with E-state index in [0.717, 1.165) is 16.7 Å². The quantitative estimate of drug-likeness (QED) is 0.746. The van der Waals surface area contributed by atoms with Crippen molar-refractivity contribution in [2.75, 3.05) is 21.3 Å². The first-order chi connectivity index (χ1) is 13.5. The fourth-order valence-electron chi connectivity index (χ4n) is 3.76. The maximum Gasteiger partial charge on any atom is 0.303 e. The van der Waals surface area contributed by atoms with Gasteiger partial charge in [-0.2, -0.15) is 0 Å². The van der Waals surface area contributed by atoms with Crippen LogP contribution in [0, 0.1) is 0 Å². The summed E-state index contributed by atoms with van der Waals surface area (Å²) in [4.78, 5) is 11.8. The molecule has 0 spiro atoms. The van der Waals surface area contributed by atoms with Gasteiger partial charge in [-0.25, -0.2) is 0 Å². The highest BCUT2D eigenvalue weighted by Gasteiger charge is 2.45. The van der Waals surface area contributed by atoms with E-state index in [0.29, 0.717) is 29.6 Å². The number of benzene rings is 2. The van der Waals surface area contributed by atoms with Gasteiger partial charge in [-0.3, -0.25) is 4.79 Å². The van der Waals surface area contributed by atoms with Crippen LogP contribution >= 0.6 is 0 Å². The first-order valence-electron chi connectivity index (χ1n) is 8.94. The van der Waals surface area contributed by atoms with Crippen LogP contribution in [-0.4, -0.2) is 33.4 Å². The van der Waals surface area contributed by atoms with Crippen LogP contribution in [0.5, 0.6) is 23.0 Å². The summed E-state index contributed by atoms with van der Waals surface area (Å²) in [5, 5.41) is 0. The summed E-state index contributed by atoms with van der Waals surface area (Å²) in [6, 6.07) is 9.21. The lowest BCUT2D eigenvalue weighted by molar-refractivity contribution is -0.172. The van der Waals surface area contributed by atoms with E-state index in [2.05, 4.69) is 0 Å². The van der Waals surface area contributed by atoms with Gasteiger partial charge < -0.3 is 28.4 Å². The van der Waals surface area contributed by atoms with Gasteiger partial charge in [0.15, 0.2) is 23.7 Å². The molecule has 0 unspecified atom stereocenters. The van der Waals surface area contributed by atoms with E-state index in [4.69, 9.17) is 28.4 Å². The Morgan fingerprint density at radius 2 is 1.75 bits per heavy atom. The molecule has 0 radical (unpaired) electrons. The first kappa shape index (κ1) is 18.4. The molecule has 0 fully saturated rings. The number of esters is 1. The third-order valence-corrected chi connectivity index (χ3v) is 5.05. The number of hydrogen-bond donors (Lipinski definition) is 0. The molecule has 0 N–H and O–H groups in total. The van der Waals surface area contributed by atoms with Gasteiger partial charge in [-0.1, -0.05) is 0 Å². The van der Waals surface area contributed by atoms with E-state index in [1.54, 1.807) is 27.4 Å². The molecule has 0 aliphatic carbocycles. The molecular weight excluding hydrogens is 364 g/mol. The molecule has 0 saturated carbocycles. The van der Waals surface area contributed by atoms with Crippen molar-refractivity contribution in [1.29, 1.82) is 0 Å². The Morgan fingerprint density at radius 1 is 1.00 bits per heavy atom. The molecule has 148 valence electrons. The summed E-state index contributed by atoms with van der Waals surface area (Å²) >= 11 is 0. The van der Waals surface area contributed by atoms with Crippen LogP contribution in [0.15, 0.2) is 30.3 Å². The maximum atomic E-state index is 11.8. The van der Waals surface area contributed by atoms with Crippen molar-refractivity contribution in [3.63, 3.8) is 0 Å². The monoisotopic (exact) mass is 386 g/mol. The zero-order valence-corrected chi connectivity index (χ0v) is 16.2. The number of carbonyl (C=O) groups excluding carboxylic acids is 1. The Morgan fingerprint density at radius 3 is 2.43 bits per heavy atom. The normalized spacial score (nSPS) is 22.1. The summed E-state index contributed by atoms with van der Waals surface area (Å²) in [7, 11) is 4.77. The Hall–Kier alpha value is -2.93. The van der Waals surface area contributed by atoms with Gasteiger partial charge in [0, 0.05) is 24.1 Å². The van der Waals surface area contributed by atoms with Crippen molar-refractivity contribution in [2.45, 2.75) is 31.8 Å². The number of ether oxygens (including phenoxy) is 6. The Kier molecular flexibility index (Phi) is 4.77. The molecule has 4 rings (SSSR count). The van der Waals surface area contributed by atoms with E-state index in [1.807, 2.05) is 24.3 Å². The number of carbonyl (C=O) groups is 1. The summed E-state index contributed by atoms with van der Waals surface area (Å²) in [5.41, 5.74) is 2.60. The second kappa shape index (κ2) is 7.24. The SMILES string of the molecule is COc1ccc2c(c1)O[C@@H]1c3cc(OC)c(OC)cc3CO[C@H]1[C@@H]2OC(C)=O. The minimum absolute atomic E-state index is 0.351. The largest absolute Gasteiger partial charge is 0.497 e. The van der Waals surface area contributed by atoms with Crippen molar-refractivity contribution in [3.8, 4) is 23.0 Å². The van der Waals surface area contributed by atoms with Crippen molar-refractivity contribution in [2.24, 2.45) is 0 Å². The smallest absolute Gasteiger partial charge is 0.303 e. The van der Waals surface area contributed by atoms with Crippen LogP contribution < -0.4 is 18.9 Å². The molecular formula is C21H22O7. The standard InChI is InChI=1S/C21H22O7/c1-11(22)27-19-14-6-5-13(23-2)8-16(14)28-20-15-9-18(25-4)17(24-3)7-12(15)10-26-21(19)20/h5-9,19-21H,10H2,1-4H3/t19-,20-,21+/m1/s1. The van der Waals surface area contributed by atoms with Crippen LogP contribution in [-0.2, 0) is 20.9 Å². The fraction of sp³-hybridized carbons (Fsp3) is 0.381. The summed E-state index contributed by atoms with van der Waals surface area (Å²) in [5.74, 6) is 2.10. The van der Waals surface area contributed by atoms with Gasteiger partial charge in [0.1, 0.15) is 17.6 Å². The van der Waals surface area contributed by atoms with Crippen molar-refractivity contribution >= 4 is 5.97 Å². The third kappa shape index (κ3) is 3.01. The van der Waals surface area contributed by atoms with Crippen LogP contribution in [0.3, 0.4) is 0 Å². The molecule has 0 aromatic heterocycles. The molecule has 2 heterocycles. The Bertz CT molecular complexity index is 908. The third-order valence-electron chi connectivity index (χ3n) is 5.05. The van der Waals surface area contributed by atoms with Gasteiger partial charge in [0.25, 0.3) is 0 Å². The first-order valence-corrected chi connectivity index (χ1v) is 8.94. The van der Waals surface area contributed by atoms with Gasteiger partial charge in [-0.05, 0) is 29.8 Å². The molecule has 2 aromatic rings. The average molecular weight is 386 g/mol. The Labute approximate surface area is 163 Å². The van der Waals surface area contributed by atoms with Crippen LogP contribution in [0.4, 0.5) is 0 Å². The highest BCUT2D eigenvalue weighted by molar-refractivity contribution is 5.67. The van der Waals surface area contributed by atoms with Crippen LogP contribution in [0.2, 0.25) is 0 Å². The second-order valence-electron chi connectivity index (χ2n) is 6.65. The minimum atomic E-state index is -0.585. The maximum absolute atomic E-state index is 11.8. The molecule has 7 nitrogen and oxygen atoms in total. The van der Waals surface area contributed by atoms with Crippen LogP contribution in [0.25, 0.3) is 0 Å². The number of hydrogen-bond acceptors (Lipinski definition) is 7. The molecule has 2 aliphatic rings. The lowest BCUT2D eigenvalue weighted by Crippen LogP contribution is -2.41. The van der Waals surface area contributed by atoms with Gasteiger partial charge >= 0.3 is 5.97 Å². The molecule has 0 amide bonds. The fourth-order valence-corrected chi connectivity index (χ4v) is 3.76. The summed E-state index contributed by atoms with van der Waals surface area (Å²) in [6.45, 7) is 1.74. The predicted octanol–water partition coefficient (Wildman–Crippen LogP) is 3.35. The highest BCUT2D eigenvalue weighted by Crippen LogP contribution is 2.49. The van der Waals surface area contributed by atoms with Crippen LogP contribution in [0.1, 0.15) is 35.8 Å². The molecule has 28 heavy (non-hydrogen) atoms. The summed E-state index contributed by atoms with van der Waals surface area (Å²) < 4.78 is 34.2. The number of rotatable bonds is 4. The van der Waals surface area contributed by atoms with Gasteiger partial charge in [-0.15, -0.1) is 0 Å². The van der Waals surface area contributed by atoms with Crippen molar-refractivity contribution < 1.29 is 33.2 Å². The lowest BCUT2D eigenvalue weighted by atomic mass is 9.87. The highest BCUT2D eigenvalue weighted by atomic mass is 16.6. The molecule has 2 aromatic carbocycles. The second-order valence-corrected chi connectivity index (χ2v) is 6.65. The molecule has 2 aliphatic heterocycles. The van der Waals surface area contributed by atoms with Gasteiger partial charge in [0.2, 0.25) is 0 Å². The average Bonchev–Trinajstić information content (AvgIpc) is 2.71. The molecule has 0 saturated heterocycles. The zero-order chi connectivity index (χ0) is 19.8. The van der Waals surface area contributed by atoms with Crippen molar-refractivity contribution in [3.05, 3.63) is 47.0 Å². The van der Waals surface area contributed by atoms with Crippen molar-refractivity contribution in [1.82, 2.24) is 0 Å².